The number of hydrogen-bond donors (Lipinski definition) is 2. The zero-order valence-electron chi connectivity index (χ0n) is 9.93. The number of amides is 1. The van der Waals surface area contributed by atoms with Crippen LogP contribution in [0.25, 0.3) is 0 Å². The first kappa shape index (κ1) is 11.9. The number of aliphatic hydroxyl groups is 1. The zero-order valence-corrected chi connectivity index (χ0v) is 9.93. The van der Waals surface area contributed by atoms with Gasteiger partial charge in [0.2, 0.25) is 5.91 Å². The minimum absolute atomic E-state index is 0.0370. The van der Waals surface area contributed by atoms with Gasteiger partial charge < -0.3 is 15.7 Å². The van der Waals surface area contributed by atoms with Crippen LogP contribution in [0.15, 0.2) is 0 Å². The van der Waals surface area contributed by atoms with Crippen molar-refractivity contribution in [3.05, 3.63) is 0 Å². The SMILES string of the molecule is CN(CC1CC(O)C1)C(=O)C1CCCC1N. The van der Waals surface area contributed by atoms with Crippen molar-refractivity contribution in [3.8, 4) is 0 Å². The summed E-state index contributed by atoms with van der Waals surface area (Å²) in [6.45, 7) is 0.777. The fourth-order valence-electron chi connectivity index (χ4n) is 2.91. The van der Waals surface area contributed by atoms with Gasteiger partial charge in [0.25, 0.3) is 0 Å². The molecule has 0 bridgehead atoms. The number of carbonyl (C=O) groups excluding carboxylic acids is 1. The van der Waals surface area contributed by atoms with E-state index in [1.165, 1.54) is 0 Å². The summed E-state index contributed by atoms with van der Waals surface area (Å²) < 4.78 is 0. The molecular weight excluding hydrogens is 204 g/mol. The average Bonchev–Trinajstić information content (AvgIpc) is 2.61. The summed E-state index contributed by atoms with van der Waals surface area (Å²) in [5.74, 6) is 0.725. The highest BCUT2D eigenvalue weighted by molar-refractivity contribution is 5.79. The van der Waals surface area contributed by atoms with Crippen LogP contribution in [-0.2, 0) is 4.79 Å². The Labute approximate surface area is 96.8 Å². The second-order valence-electron chi connectivity index (χ2n) is 5.41. The smallest absolute Gasteiger partial charge is 0.226 e. The molecule has 3 N–H and O–H groups in total. The Balaban J connectivity index is 1.80. The molecule has 4 nitrogen and oxygen atoms in total. The molecule has 2 unspecified atom stereocenters. The van der Waals surface area contributed by atoms with Crippen LogP contribution in [0.5, 0.6) is 0 Å². The normalized spacial score (nSPS) is 38.2. The molecule has 0 heterocycles. The largest absolute Gasteiger partial charge is 0.393 e. The Bertz CT molecular complexity index is 264. The van der Waals surface area contributed by atoms with Gasteiger partial charge in [-0.15, -0.1) is 0 Å². The maximum atomic E-state index is 12.1. The lowest BCUT2D eigenvalue weighted by molar-refractivity contribution is -0.136. The van der Waals surface area contributed by atoms with E-state index < -0.39 is 0 Å². The molecule has 2 aliphatic rings. The molecular formula is C12H22N2O2. The lowest BCUT2D eigenvalue weighted by Gasteiger charge is -2.35. The van der Waals surface area contributed by atoms with E-state index in [0.717, 1.165) is 38.6 Å². The van der Waals surface area contributed by atoms with E-state index in [4.69, 9.17) is 5.73 Å². The highest BCUT2D eigenvalue weighted by Gasteiger charge is 2.34. The van der Waals surface area contributed by atoms with Gasteiger partial charge in [-0.2, -0.15) is 0 Å². The first-order valence-electron chi connectivity index (χ1n) is 6.26. The highest BCUT2D eigenvalue weighted by Crippen LogP contribution is 2.30. The number of rotatable bonds is 3. The molecule has 0 saturated heterocycles. The molecule has 1 amide bonds. The molecule has 0 aromatic heterocycles. The number of nitrogens with zero attached hydrogens (tertiary/aromatic N) is 1. The third-order valence-corrected chi connectivity index (χ3v) is 4.01. The second-order valence-corrected chi connectivity index (χ2v) is 5.41. The van der Waals surface area contributed by atoms with E-state index >= 15 is 0 Å². The predicted molar refractivity (Wildman–Crippen MR) is 61.7 cm³/mol. The van der Waals surface area contributed by atoms with Crippen molar-refractivity contribution in [1.82, 2.24) is 4.90 Å². The number of carbonyl (C=O) groups is 1. The minimum atomic E-state index is -0.137. The van der Waals surface area contributed by atoms with E-state index in [0.29, 0.717) is 5.92 Å². The van der Waals surface area contributed by atoms with Crippen molar-refractivity contribution in [3.63, 3.8) is 0 Å². The Morgan fingerprint density at radius 3 is 2.62 bits per heavy atom. The third-order valence-electron chi connectivity index (χ3n) is 4.01. The quantitative estimate of drug-likeness (QED) is 0.729. The fraction of sp³-hybridized carbons (Fsp3) is 0.917. The van der Waals surface area contributed by atoms with Gasteiger partial charge in [0.15, 0.2) is 0 Å². The van der Waals surface area contributed by atoms with Crippen molar-refractivity contribution >= 4 is 5.91 Å². The van der Waals surface area contributed by atoms with E-state index in [9.17, 15) is 9.90 Å². The maximum Gasteiger partial charge on any atom is 0.226 e. The molecule has 2 saturated carbocycles. The van der Waals surface area contributed by atoms with Gasteiger partial charge in [-0.25, -0.2) is 0 Å². The van der Waals surface area contributed by atoms with Crippen LogP contribution in [0.3, 0.4) is 0 Å². The molecule has 2 atom stereocenters. The molecule has 0 aromatic rings. The Hall–Kier alpha value is -0.610. The van der Waals surface area contributed by atoms with Gasteiger partial charge in [0.1, 0.15) is 0 Å². The van der Waals surface area contributed by atoms with Crippen molar-refractivity contribution in [2.24, 2.45) is 17.6 Å². The monoisotopic (exact) mass is 226 g/mol. The summed E-state index contributed by atoms with van der Waals surface area (Å²) in [5.41, 5.74) is 5.93. The lowest BCUT2D eigenvalue weighted by atomic mass is 9.82. The molecule has 2 aliphatic carbocycles. The molecule has 0 spiro atoms. The van der Waals surface area contributed by atoms with Crippen molar-refractivity contribution in [2.75, 3.05) is 13.6 Å². The van der Waals surface area contributed by atoms with Gasteiger partial charge >= 0.3 is 0 Å². The summed E-state index contributed by atoms with van der Waals surface area (Å²) in [5, 5.41) is 9.20. The van der Waals surface area contributed by atoms with Gasteiger partial charge in [-0.1, -0.05) is 6.42 Å². The summed E-state index contributed by atoms with van der Waals surface area (Å²) in [7, 11) is 1.86. The topological polar surface area (TPSA) is 66.6 Å². The van der Waals surface area contributed by atoms with Crippen LogP contribution in [-0.4, -0.2) is 41.7 Å². The molecule has 0 radical (unpaired) electrons. The molecule has 2 fully saturated rings. The summed E-state index contributed by atoms with van der Waals surface area (Å²) in [6, 6.07) is 0.0573. The number of hydrogen-bond acceptors (Lipinski definition) is 3. The fourth-order valence-corrected chi connectivity index (χ4v) is 2.91. The Morgan fingerprint density at radius 2 is 2.12 bits per heavy atom. The van der Waals surface area contributed by atoms with E-state index in [1.807, 2.05) is 11.9 Å². The third kappa shape index (κ3) is 2.38. The molecule has 0 aromatic carbocycles. The molecule has 4 heteroatoms. The Kier molecular flexibility index (Phi) is 3.50. The standard InChI is InChI=1S/C12H22N2O2/c1-14(7-8-5-9(15)6-8)12(16)10-3-2-4-11(10)13/h8-11,15H,2-7,13H2,1H3. The van der Waals surface area contributed by atoms with Gasteiger partial charge in [-0.3, -0.25) is 4.79 Å². The first-order valence-corrected chi connectivity index (χ1v) is 6.26. The minimum Gasteiger partial charge on any atom is -0.393 e. The summed E-state index contributed by atoms with van der Waals surface area (Å²) in [4.78, 5) is 13.9. The van der Waals surface area contributed by atoms with Crippen molar-refractivity contribution in [2.45, 2.75) is 44.2 Å². The van der Waals surface area contributed by atoms with Crippen LogP contribution in [0.1, 0.15) is 32.1 Å². The van der Waals surface area contributed by atoms with Crippen LogP contribution < -0.4 is 5.73 Å². The van der Waals surface area contributed by atoms with Crippen molar-refractivity contribution in [1.29, 1.82) is 0 Å². The number of aliphatic hydroxyl groups excluding tert-OH is 1. The van der Waals surface area contributed by atoms with Crippen LogP contribution in [0.4, 0.5) is 0 Å². The summed E-state index contributed by atoms with van der Waals surface area (Å²) >= 11 is 0. The Morgan fingerprint density at radius 1 is 1.44 bits per heavy atom. The van der Waals surface area contributed by atoms with Gasteiger partial charge in [-0.05, 0) is 31.6 Å². The maximum absolute atomic E-state index is 12.1. The summed E-state index contributed by atoms with van der Waals surface area (Å²) in [6.07, 6.45) is 4.54. The molecule has 0 aliphatic heterocycles. The highest BCUT2D eigenvalue weighted by atomic mass is 16.3. The second kappa shape index (κ2) is 4.72. The lowest BCUT2D eigenvalue weighted by Crippen LogP contribution is -2.44. The van der Waals surface area contributed by atoms with E-state index in [1.54, 1.807) is 0 Å². The average molecular weight is 226 g/mol. The first-order chi connectivity index (χ1) is 7.58. The zero-order chi connectivity index (χ0) is 11.7. The van der Waals surface area contributed by atoms with Crippen molar-refractivity contribution < 1.29 is 9.90 Å². The molecule has 2 rings (SSSR count). The van der Waals surface area contributed by atoms with E-state index in [-0.39, 0.29) is 24.0 Å². The van der Waals surface area contributed by atoms with Crippen LogP contribution in [0, 0.1) is 11.8 Å². The van der Waals surface area contributed by atoms with Crippen LogP contribution in [0.2, 0.25) is 0 Å². The predicted octanol–water partition coefficient (Wildman–Crippen LogP) is 0.343. The van der Waals surface area contributed by atoms with Crippen LogP contribution >= 0.6 is 0 Å². The molecule has 16 heavy (non-hydrogen) atoms. The van der Waals surface area contributed by atoms with Gasteiger partial charge in [0, 0.05) is 19.6 Å². The molecule has 92 valence electrons. The number of nitrogens with two attached hydrogens (primary N) is 1. The van der Waals surface area contributed by atoms with E-state index in [2.05, 4.69) is 0 Å². The van der Waals surface area contributed by atoms with Gasteiger partial charge in [0.05, 0.1) is 12.0 Å².